The van der Waals surface area contributed by atoms with Gasteiger partial charge in [0.15, 0.2) is 0 Å². The highest BCUT2D eigenvalue weighted by molar-refractivity contribution is 5.50. The lowest BCUT2D eigenvalue weighted by Crippen LogP contribution is -2.16. The minimum atomic E-state index is 0.733. The summed E-state index contributed by atoms with van der Waals surface area (Å²) in [5.74, 6) is 1.93. The van der Waals surface area contributed by atoms with E-state index in [1.54, 1.807) is 6.20 Å². The van der Waals surface area contributed by atoms with Gasteiger partial charge in [0.2, 0.25) is 0 Å². The lowest BCUT2D eigenvalue weighted by atomic mass is 9.83. The predicted octanol–water partition coefficient (Wildman–Crippen LogP) is 2.57. The Hall–Kier alpha value is -1.25. The Morgan fingerprint density at radius 3 is 2.93 bits per heavy atom. The number of nitrogens with zero attached hydrogens (tertiary/aromatic N) is 1. The summed E-state index contributed by atoms with van der Waals surface area (Å²) in [4.78, 5) is 4.28. The molecule has 0 atom stereocenters. The molecule has 1 aromatic heterocycles. The fourth-order valence-electron chi connectivity index (χ4n) is 1.96. The molecule has 3 heteroatoms. The fraction of sp³-hybridized carbons (Fsp3) is 0.583. The Morgan fingerprint density at radius 1 is 1.53 bits per heavy atom. The van der Waals surface area contributed by atoms with Crippen LogP contribution in [0.3, 0.4) is 0 Å². The van der Waals surface area contributed by atoms with Crippen LogP contribution in [0.5, 0.6) is 0 Å². The first-order valence-electron chi connectivity index (χ1n) is 5.71. The van der Waals surface area contributed by atoms with Crippen LogP contribution in [0.1, 0.15) is 31.2 Å². The molecule has 0 unspecified atom stereocenters. The van der Waals surface area contributed by atoms with Gasteiger partial charge in [-0.3, -0.25) is 0 Å². The molecule has 0 bridgehead atoms. The number of nitrogens with one attached hydrogen (secondary N) is 1. The summed E-state index contributed by atoms with van der Waals surface area (Å²) in [6, 6.07) is 1.96. The van der Waals surface area contributed by atoms with Gasteiger partial charge < -0.3 is 11.1 Å². The molecule has 1 heterocycles. The third-order valence-corrected chi connectivity index (χ3v) is 3.17. The van der Waals surface area contributed by atoms with Crippen molar-refractivity contribution in [3.05, 3.63) is 17.8 Å². The number of hydrogen-bond acceptors (Lipinski definition) is 3. The lowest BCUT2D eigenvalue weighted by molar-refractivity contribution is 0.303. The van der Waals surface area contributed by atoms with Gasteiger partial charge in [-0.05, 0) is 30.9 Å². The summed E-state index contributed by atoms with van der Waals surface area (Å²) in [5.41, 5.74) is 7.51. The summed E-state index contributed by atoms with van der Waals surface area (Å²) >= 11 is 0. The Kier molecular flexibility index (Phi) is 3.09. The second-order valence-electron chi connectivity index (χ2n) is 4.45. The Morgan fingerprint density at radius 2 is 2.33 bits per heavy atom. The van der Waals surface area contributed by atoms with E-state index in [1.807, 2.05) is 13.0 Å². The van der Waals surface area contributed by atoms with Crippen molar-refractivity contribution < 1.29 is 0 Å². The predicted molar refractivity (Wildman–Crippen MR) is 63.8 cm³/mol. The van der Waals surface area contributed by atoms with Crippen LogP contribution in [-0.4, -0.2) is 11.5 Å². The standard InChI is InChI=1S/C12H19N3/c1-9-7-11(13)8-15-12(9)14-6-5-10-3-2-4-10/h7-8,10H,2-6,13H2,1H3,(H,14,15). The molecule has 3 N–H and O–H groups in total. The van der Waals surface area contributed by atoms with E-state index in [0.717, 1.165) is 29.5 Å². The molecule has 0 radical (unpaired) electrons. The van der Waals surface area contributed by atoms with Gasteiger partial charge in [-0.15, -0.1) is 0 Å². The van der Waals surface area contributed by atoms with Crippen molar-refractivity contribution in [2.45, 2.75) is 32.6 Å². The van der Waals surface area contributed by atoms with Gasteiger partial charge in [0.1, 0.15) is 5.82 Å². The van der Waals surface area contributed by atoms with E-state index in [1.165, 1.54) is 25.7 Å². The van der Waals surface area contributed by atoms with E-state index in [0.29, 0.717) is 0 Å². The van der Waals surface area contributed by atoms with Gasteiger partial charge in [-0.25, -0.2) is 4.98 Å². The number of hydrogen-bond donors (Lipinski definition) is 2. The molecule has 0 aromatic carbocycles. The molecule has 0 aliphatic heterocycles. The van der Waals surface area contributed by atoms with Crippen molar-refractivity contribution in [2.24, 2.45) is 5.92 Å². The van der Waals surface area contributed by atoms with Crippen molar-refractivity contribution in [2.75, 3.05) is 17.6 Å². The molecule has 1 aliphatic rings. The van der Waals surface area contributed by atoms with Crippen LogP contribution in [0.4, 0.5) is 11.5 Å². The van der Waals surface area contributed by atoms with Crippen molar-refractivity contribution >= 4 is 11.5 Å². The SMILES string of the molecule is Cc1cc(N)cnc1NCCC1CCC1. The Balaban J connectivity index is 1.81. The molecule has 0 saturated heterocycles. The van der Waals surface area contributed by atoms with Crippen LogP contribution in [0.2, 0.25) is 0 Å². The molecule has 0 spiro atoms. The number of aryl methyl sites for hydroxylation is 1. The van der Waals surface area contributed by atoms with Crippen LogP contribution in [0.25, 0.3) is 0 Å². The van der Waals surface area contributed by atoms with E-state index in [-0.39, 0.29) is 0 Å². The molecule has 3 nitrogen and oxygen atoms in total. The molecule has 0 amide bonds. The minimum absolute atomic E-state index is 0.733. The maximum absolute atomic E-state index is 5.64. The van der Waals surface area contributed by atoms with Crippen LogP contribution in [-0.2, 0) is 0 Å². The molecule has 1 fully saturated rings. The minimum Gasteiger partial charge on any atom is -0.397 e. The van der Waals surface area contributed by atoms with Gasteiger partial charge in [-0.1, -0.05) is 19.3 Å². The fourth-order valence-corrected chi connectivity index (χ4v) is 1.96. The zero-order chi connectivity index (χ0) is 10.7. The number of pyridine rings is 1. The smallest absolute Gasteiger partial charge is 0.128 e. The van der Waals surface area contributed by atoms with Gasteiger partial charge in [0, 0.05) is 6.54 Å². The highest BCUT2D eigenvalue weighted by atomic mass is 15.0. The second-order valence-corrected chi connectivity index (χ2v) is 4.45. The third-order valence-electron chi connectivity index (χ3n) is 3.17. The first-order valence-corrected chi connectivity index (χ1v) is 5.71. The van der Waals surface area contributed by atoms with Crippen molar-refractivity contribution in [3.8, 4) is 0 Å². The monoisotopic (exact) mass is 205 g/mol. The van der Waals surface area contributed by atoms with E-state index >= 15 is 0 Å². The van der Waals surface area contributed by atoms with E-state index in [2.05, 4.69) is 10.3 Å². The quantitative estimate of drug-likeness (QED) is 0.794. The van der Waals surface area contributed by atoms with Gasteiger partial charge in [0.05, 0.1) is 11.9 Å². The number of anilines is 2. The maximum atomic E-state index is 5.64. The lowest BCUT2D eigenvalue weighted by Gasteiger charge is -2.25. The maximum Gasteiger partial charge on any atom is 0.128 e. The zero-order valence-electron chi connectivity index (χ0n) is 9.29. The Bertz CT molecular complexity index is 332. The molecule has 1 saturated carbocycles. The largest absolute Gasteiger partial charge is 0.397 e. The summed E-state index contributed by atoms with van der Waals surface area (Å²) in [6.45, 7) is 3.07. The van der Waals surface area contributed by atoms with E-state index in [4.69, 9.17) is 5.73 Å². The molecule has 15 heavy (non-hydrogen) atoms. The average molecular weight is 205 g/mol. The topological polar surface area (TPSA) is 50.9 Å². The van der Waals surface area contributed by atoms with E-state index in [9.17, 15) is 0 Å². The van der Waals surface area contributed by atoms with Crippen LogP contribution in [0.15, 0.2) is 12.3 Å². The second kappa shape index (κ2) is 4.51. The van der Waals surface area contributed by atoms with Crippen LogP contribution < -0.4 is 11.1 Å². The van der Waals surface area contributed by atoms with Crippen molar-refractivity contribution in [1.82, 2.24) is 4.98 Å². The first kappa shape index (κ1) is 10.3. The van der Waals surface area contributed by atoms with E-state index < -0.39 is 0 Å². The third kappa shape index (κ3) is 2.61. The normalized spacial score (nSPS) is 16.1. The zero-order valence-corrected chi connectivity index (χ0v) is 9.29. The Labute approximate surface area is 91.1 Å². The van der Waals surface area contributed by atoms with Crippen LogP contribution in [0, 0.1) is 12.8 Å². The highest BCUT2D eigenvalue weighted by Gasteiger charge is 2.16. The van der Waals surface area contributed by atoms with Crippen molar-refractivity contribution in [3.63, 3.8) is 0 Å². The molecule has 2 rings (SSSR count). The molecule has 1 aliphatic carbocycles. The van der Waals surface area contributed by atoms with Gasteiger partial charge in [0.25, 0.3) is 0 Å². The summed E-state index contributed by atoms with van der Waals surface area (Å²) < 4.78 is 0. The molecule has 1 aromatic rings. The van der Waals surface area contributed by atoms with Crippen LogP contribution >= 0.6 is 0 Å². The number of aromatic nitrogens is 1. The summed E-state index contributed by atoms with van der Waals surface area (Å²) in [6.07, 6.45) is 7.22. The number of nitrogen functional groups attached to an aromatic ring is 1. The molecular weight excluding hydrogens is 186 g/mol. The number of nitrogens with two attached hydrogens (primary N) is 1. The van der Waals surface area contributed by atoms with Crippen molar-refractivity contribution in [1.29, 1.82) is 0 Å². The highest BCUT2D eigenvalue weighted by Crippen LogP contribution is 2.29. The molecule has 82 valence electrons. The first-order chi connectivity index (χ1) is 7.25. The average Bonchev–Trinajstić information content (AvgIpc) is 2.12. The van der Waals surface area contributed by atoms with Gasteiger partial charge in [-0.2, -0.15) is 0 Å². The summed E-state index contributed by atoms with van der Waals surface area (Å²) in [7, 11) is 0. The van der Waals surface area contributed by atoms with Gasteiger partial charge >= 0.3 is 0 Å². The number of rotatable bonds is 4. The molecular formula is C12H19N3. The summed E-state index contributed by atoms with van der Waals surface area (Å²) in [5, 5.41) is 3.37.